The summed E-state index contributed by atoms with van der Waals surface area (Å²) in [5, 5.41) is 9.86. The second-order valence-corrected chi connectivity index (χ2v) is 8.65. The summed E-state index contributed by atoms with van der Waals surface area (Å²) in [5.41, 5.74) is 4.87. The molecular formula is C22H27NO3. The number of rotatable bonds is 2. The number of allylic oxidation sites excluding steroid dienone is 2. The Balaban J connectivity index is 1.66. The van der Waals surface area contributed by atoms with Gasteiger partial charge in [0.05, 0.1) is 11.8 Å². The fraction of sp³-hybridized carbons (Fsp3) is 0.545. The van der Waals surface area contributed by atoms with Crippen LogP contribution in [0.5, 0.6) is 0 Å². The number of anilines is 1. The number of para-hydroxylation sites is 1. The molecule has 1 aromatic carbocycles. The van der Waals surface area contributed by atoms with E-state index in [0.717, 1.165) is 31.4 Å². The largest absolute Gasteiger partial charge is 0.481 e. The molecule has 0 radical (unpaired) electrons. The van der Waals surface area contributed by atoms with Crippen molar-refractivity contribution in [3.63, 3.8) is 0 Å². The SMILES string of the molecule is CC1(C)CCCC2=C1C[C@@H](C(=O)O)[C@@H](C(=O)N1CCc3ccccc31)C2. The Labute approximate surface area is 154 Å². The third kappa shape index (κ3) is 2.76. The molecule has 1 aliphatic heterocycles. The molecule has 0 fully saturated rings. The monoisotopic (exact) mass is 353 g/mol. The van der Waals surface area contributed by atoms with E-state index in [1.54, 1.807) is 0 Å². The number of carbonyl (C=O) groups excluding carboxylic acids is 1. The normalized spacial score (nSPS) is 27.1. The Morgan fingerprint density at radius 2 is 1.88 bits per heavy atom. The molecule has 1 heterocycles. The van der Waals surface area contributed by atoms with Gasteiger partial charge in [0.15, 0.2) is 0 Å². The van der Waals surface area contributed by atoms with Gasteiger partial charge in [-0.2, -0.15) is 0 Å². The molecule has 1 N–H and O–H groups in total. The smallest absolute Gasteiger partial charge is 0.307 e. The highest BCUT2D eigenvalue weighted by atomic mass is 16.4. The maximum absolute atomic E-state index is 13.4. The van der Waals surface area contributed by atoms with Crippen molar-refractivity contribution in [3.05, 3.63) is 41.0 Å². The van der Waals surface area contributed by atoms with E-state index in [0.29, 0.717) is 19.4 Å². The summed E-state index contributed by atoms with van der Waals surface area (Å²) in [4.78, 5) is 27.2. The molecule has 0 aromatic heterocycles. The fourth-order valence-electron chi connectivity index (χ4n) is 5.23. The van der Waals surface area contributed by atoms with Crippen LogP contribution in [0.25, 0.3) is 0 Å². The topological polar surface area (TPSA) is 57.6 Å². The van der Waals surface area contributed by atoms with E-state index in [2.05, 4.69) is 19.9 Å². The third-order valence-electron chi connectivity index (χ3n) is 6.69. The molecule has 26 heavy (non-hydrogen) atoms. The van der Waals surface area contributed by atoms with Crippen LogP contribution in [0, 0.1) is 17.3 Å². The van der Waals surface area contributed by atoms with E-state index in [4.69, 9.17) is 0 Å². The first-order valence-electron chi connectivity index (χ1n) is 9.72. The molecule has 0 saturated heterocycles. The van der Waals surface area contributed by atoms with Crippen LogP contribution < -0.4 is 4.90 Å². The summed E-state index contributed by atoms with van der Waals surface area (Å²) < 4.78 is 0. The molecular weight excluding hydrogens is 326 g/mol. The number of hydrogen-bond acceptors (Lipinski definition) is 2. The maximum Gasteiger partial charge on any atom is 0.307 e. The van der Waals surface area contributed by atoms with Gasteiger partial charge in [-0.05, 0) is 55.6 Å². The van der Waals surface area contributed by atoms with E-state index in [9.17, 15) is 14.7 Å². The number of carboxylic acid groups (broad SMARTS) is 1. The predicted octanol–water partition coefficient (Wildman–Crippen LogP) is 4.19. The molecule has 0 spiro atoms. The van der Waals surface area contributed by atoms with Crippen LogP contribution in [0.1, 0.15) is 51.5 Å². The van der Waals surface area contributed by atoms with Crippen molar-refractivity contribution in [2.75, 3.05) is 11.4 Å². The molecule has 0 unspecified atom stereocenters. The van der Waals surface area contributed by atoms with Crippen molar-refractivity contribution in [1.29, 1.82) is 0 Å². The Kier molecular flexibility index (Phi) is 4.17. The number of benzene rings is 1. The first kappa shape index (κ1) is 17.3. The van der Waals surface area contributed by atoms with Gasteiger partial charge in [0, 0.05) is 12.2 Å². The van der Waals surface area contributed by atoms with Crippen LogP contribution in [0.4, 0.5) is 5.69 Å². The number of carbonyl (C=O) groups is 2. The number of amides is 1. The Hall–Kier alpha value is -2.10. The zero-order valence-corrected chi connectivity index (χ0v) is 15.6. The predicted molar refractivity (Wildman–Crippen MR) is 101 cm³/mol. The molecule has 2 atom stereocenters. The Morgan fingerprint density at radius 3 is 2.65 bits per heavy atom. The van der Waals surface area contributed by atoms with Crippen molar-refractivity contribution in [1.82, 2.24) is 0 Å². The number of nitrogens with zero attached hydrogens (tertiary/aromatic N) is 1. The Morgan fingerprint density at radius 1 is 1.12 bits per heavy atom. The number of fused-ring (bicyclic) bond motifs is 1. The van der Waals surface area contributed by atoms with Gasteiger partial charge in [-0.1, -0.05) is 43.2 Å². The number of carboxylic acids is 1. The molecule has 4 nitrogen and oxygen atoms in total. The highest BCUT2D eigenvalue weighted by molar-refractivity contribution is 5.99. The molecule has 2 aliphatic carbocycles. The van der Waals surface area contributed by atoms with Gasteiger partial charge in [0.25, 0.3) is 0 Å². The van der Waals surface area contributed by atoms with E-state index >= 15 is 0 Å². The van der Waals surface area contributed by atoms with E-state index in [1.165, 1.54) is 16.7 Å². The second-order valence-electron chi connectivity index (χ2n) is 8.65. The van der Waals surface area contributed by atoms with Crippen LogP contribution in [-0.2, 0) is 16.0 Å². The lowest BCUT2D eigenvalue weighted by atomic mass is 9.63. The summed E-state index contributed by atoms with van der Waals surface area (Å²) in [7, 11) is 0. The lowest BCUT2D eigenvalue weighted by molar-refractivity contribution is -0.147. The summed E-state index contributed by atoms with van der Waals surface area (Å²) in [6, 6.07) is 7.98. The molecule has 0 bridgehead atoms. The second kappa shape index (κ2) is 6.26. The van der Waals surface area contributed by atoms with Gasteiger partial charge >= 0.3 is 5.97 Å². The van der Waals surface area contributed by atoms with Crippen LogP contribution in [-0.4, -0.2) is 23.5 Å². The minimum absolute atomic E-state index is 0.00252. The van der Waals surface area contributed by atoms with Crippen LogP contribution in [0.3, 0.4) is 0 Å². The van der Waals surface area contributed by atoms with Gasteiger partial charge in [-0.15, -0.1) is 0 Å². The number of aliphatic carboxylic acids is 1. The van der Waals surface area contributed by atoms with Crippen molar-refractivity contribution in [2.45, 2.75) is 52.4 Å². The fourth-order valence-corrected chi connectivity index (χ4v) is 5.23. The van der Waals surface area contributed by atoms with Crippen molar-refractivity contribution >= 4 is 17.6 Å². The zero-order chi connectivity index (χ0) is 18.5. The van der Waals surface area contributed by atoms with Crippen LogP contribution in [0.15, 0.2) is 35.4 Å². The quantitative estimate of drug-likeness (QED) is 0.811. The van der Waals surface area contributed by atoms with Gasteiger partial charge in [-0.25, -0.2) is 0 Å². The summed E-state index contributed by atoms with van der Waals surface area (Å²) in [5.74, 6) is -1.88. The molecule has 1 amide bonds. The zero-order valence-electron chi connectivity index (χ0n) is 15.6. The van der Waals surface area contributed by atoms with Gasteiger partial charge in [0.1, 0.15) is 0 Å². The minimum atomic E-state index is -0.830. The van der Waals surface area contributed by atoms with E-state index < -0.39 is 17.8 Å². The molecule has 4 rings (SSSR count). The third-order valence-corrected chi connectivity index (χ3v) is 6.69. The van der Waals surface area contributed by atoms with Crippen molar-refractivity contribution in [3.8, 4) is 0 Å². The van der Waals surface area contributed by atoms with Gasteiger partial charge in [-0.3, -0.25) is 9.59 Å². The first-order valence-corrected chi connectivity index (χ1v) is 9.72. The van der Waals surface area contributed by atoms with Crippen LogP contribution in [0.2, 0.25) is 0 Å². The lowest BCUT2D eigenvalue weighted by Gasteiger charge is -2.42. The molecule has 138 valence electrons. The highest BCUT2D eigenvalue weighted by Crippen LogP contribution is 2.50. The van der Waals surface area contributed by atoms with E-state index in [-0.39, 0.29) is 11.3 Å². The number of hydrogen-bond donors (Lipinski definition) is 1. The molecule has 1 aromatic rings. The molecule has 3 aliphatic rings. The average molecular weight is 353 g/mol. The van der Waals surface area contributed by atoms with Crippen LogP contribution >= 0.6 is 0 Å². The first-order chi connectivity index (χ1) is 12.4. The van der Waals surface area contributed by atoms with Crippen molar-refractivity contribution in [2.24, 2.45) is 17.3 Å². The Bertz CT molecular complexity index is 792. The minimum Gasteiger partial charge on any atom is -0.481 e. The summed E-state index contributed by atoms with van der Waals surface area (Å²) >= 11 is 0. The van der Waals surface area contributed by atoms with E-state index in [1.807, 2.05) is 23.1 Å². The van der Waals surface area contributed by atoms with Crippen molar-refractivity contribution < 1.29 is 14.7 Å². The highest BCUT2D eigenvalue weighted by Gasteiger charge is 2.45. The lowest BCUT2D eigenvalue weighted by Crippen LogP contribution is -2.44. The maximum atomic E-state index is 13.4. The summed E-state index contributed by atoms with van der Waals surface area (Å²) in [6.07, 6.45) is 5.27. The summed E-state index contributed by atoms with van der Waals surface area (Å²) in [6.45, 7) is 5.11. The molecule has 0 saturated carbocycles. The average Bonchev–Trinajstić information content (AvgIpc) is 3.04. The standard InChI is InChI=1S/C22H27NO3/c1-22(2)10-5-7-15-12-16(17(21(25)26)13-18(15)22)20(24)23-11-9-14-6-3-4-8-19(14)23/h3-4,6,8,16-17H,5,7,9-13H2,1-2H3,(H,25,26)/t16-,17+/m0/s1. The van der Waals surface area contributed by atoms with Gasteiger partial charge in [0.2, 0.25) is 5.91 Å². The van der Waals surface area contributed by atoms with Gasteiger partial charge < -0.3 is 10.0 Å². The molecule has 4 heteroatoms.